The van der Waals surface area contributed by atoms with Gasteiger partial charge in [-0.1, -0.05) is 17.7 Å². The lowest BCUT2D eigenvalue weighted by Crippen LogP contribution is -2.06. The topological polar surface area (TPSA) is 60.5 Å². The zero-order valence-electron chi connectivity index (χ0n) is 13.2. The highest BCUT2D eigenvalue weighted by Crippen LogP contribution is 2.30. The number of carbonyl (C=O) groups excluding carboxylic acids is 1. The lowest BCUT2D eigenvalue weighted by molar-refractivity contribution is 0.0594. The maximum atomic E-state index is 11.9. The number of esters is 1. The number of fused-ring (bicyclic) bond motifs is 1. The van der Waals surface area contributed by atoms with Crippen LogP contribution in [0.15, 0.2) is 48.5 Å². The first-order chi connectivity index (χ1) is 11.6. The van der Waals surface area contributed by atoms with Crippen LogP contribution in [-0.2, 0) is 4.74 Å². The molecule has 5 nitrogen and oxygen atoms in total. The van der Waals surface area contributed by atoms with Crippen LogP contribution < -0.4 is 10.1 Å². The van der Waals surface area contributed by atoms with E-state index in [4.69, 9.17) is 21.1 Å². The Bertz CT molecular complexity index is 912. The molecule has 1 N–H and O–H groups in total. The molecule has 24 heavy (non-hydrogen) atoms. The average molecular weight is 343 g/mol. The lowest BCUT2D eigenvalue weighted by atomic mass is 10.1. The largest absolute Gasteiger partial charge is 0.497 e. The van der Waals surface area contributed by atoms with Gasteiger partial charge in [0.25, 0.3) is 0 Å². The molecule has 122 valence electrons. The van der Waals surface area contributed by atoms with Crippen LogP contribution in [0.1, 0.15) is 10.5 Å². The van der Waals surface area contributed by atoms with Crippen LogP contribution in [0.3, 0.4) is 0 Å². The molecule has 0 unspecified atom stereocenters. The van der Waals surface area contributed by atoms with E-state index in [0.717, 1.165) is 16.8 Å². The summed E-state index contributed by atoms with van der Waals surface area (Å²) in [5.41, 5.74) is 2.39. The van der Waals surface area contributed by atoms with Crippen molar-refractivity contribution in [2.45, 2.75) is 0 Å². The van der Waals surface area contributed by atoms with Gasteiger partial charge in [-0.2, -0.15) is 0 Å². The Morgan fingerprint density at radius 3 is 2.71 bits per heavy atom. The number of carbonyl (C=O) groups is 1. The van der Waals surface area contributed by atoms with Crippen molar-refractivity contribution in [1.29, 1.82) is 0 Å². The van der Waals surface area contributed by atoms with Gasteiger partial charge >= 0.3 is 5.97 Å². The second-order valence-corrected chi connectivity index (χ2v) is 5.50. The van der Waals surface area contributed by atoms with Gasteiger partial charge in [-0.3, -0.25) is 0 Å². The molecule has 0 radical (unpaired) electrons. The zero-order chi connectivity index (χ0) is 17.1. The molecule has 6 heteroatoms. The maximum absolute atomic E-state index is 11.9. The molecular weight excluding hydrogens is 328 g/mol. The summed E-state index contributed by atoms with van der Waals surface area (Å²) in [6.07, 6.45) is 0. The van der Waals surface area contributed by atoms with E-state index in [-0.39, 0.29) is 5.69 Å². The molecule has 0 amide bonds. The summed E-state index contributed by atoms with van der Waals surface area (Å²) in [7, 11) is 2.93. The maximum Gasteiger partial charge on any atom is 0.356 e. The number of halogens is 1. The molecule has 3 rings (SSSR count). The molecule has 0 aliphatic rings. The predicted octanol–water partition coefficient (Wildman–Crippen LogP) is 4.43. The Hall–Kier alpha value is -2.79. The first-order valence-electron chi connectivity index (χ1n) is 7.20. The number of nitrogens with one attached hydrogen (secondary N) is 1. The van der Waals surface area contributed by atoms with E-state index in [9.17, 15) is 4.79 Å². The molecule has 0 saturated heterocycles. The van der Waals surface area contributed by atoms with Crippen LogP contribution in [0.5, 0.6) is 5.75 Å². The molecule has 0 aliphatic heterocycles. The number of pyridine rings is 1. The van der Waals surface area contributed by atoms with Crippen LogP contribution in [0.4, 0.5) is 11.4 Å². The number of benzene rings is 2. The summed E-state index contributed by atoms with van der Waals surface area (Å²) in [6, 6.07) is 14.4. The Kier molecular flexibility index (Phi) is 4.53. The van der Waals surface area contributed by atoms with Crippen molar-refractivity contribution in [3.05, 3.63) is 59.2 Å². The summed E-state index contributed by atoms with van der Waals surface area (Å²) in [5.74, 6) is 0.227. The van der Waals surface area contributed by atoms with Crippen LogP contribution in [0.2, 0.25) is 5.02 Å². The molecule has 0 spiro atoms. The van der Waals surface area contributed by atoms with E-state index >= 15 is 0 Å². The van der Waals surface area contributed by atoms with E-state index in [0.29, 0.717) is 16.2 Å². The highest BCUT2D eigenvalue weighted by molar-refractivity contribution is 6.31. The predicted molar refractivity (Wildman–Crippen MR) is 94.4 cm³/mol. The highest BCUT2D eigenvalue weighted by atomic mass is 35.5. The smallest absolute Gasteiger partial charge is 0.356 e. The standard InChI is InChI=1S/C18H15ClN2O3/c1-23-13-5-3-4-12(9-13)20-16-10-17(18(22)24-2)21-15-7-6-11(19)8-14(15)16/h3-10H,1-2H3,(H,20,21). The van der Waals surface area contributed by atoms with Crippen molar-refractivity contribution in [3.63, 3.8) is 0 Å². The third-order valence-electron chi connectivity index (χ3n) is 3.51. The monoisotopic (exact) mass is 342 g/mol. The molecule has 0 saturated carbocycles. The Labute approximate surface area is 144 Å². The van der Waals surface area contributed by atoms with E-state index in [1.165, 1.54) is 7.11 Å². The van der Waals surface area contributed by atoms with Crippen LogP contribution in [-0.4, -0.2) is 25.2 Å². The number of ether oxygens (including phenoxy) is 2. The highest BCUT2D eigenvalue weighted by Gasteiger charge is 2.13. The summed E-state index contributed by atoms with van der Waals surface area (Å²) in [5, 5.41) is 4.67. The molecule has 0 atom stereocenters. The SMILES string of the molecule is COC(=O)c1cc(Nc2cccc(OC)c2)c2cc(Cl)ccc2n1. The third kappa shape index (κ3) is 3.26. The Morgan fingerprint density at radius 1 is 1.12 bits per heavy atom. The van der Waals surface area contributed by atoms with Gasteiger partial charge in [0.1, 0.15) is 5.75 Å². The summed E-state index contributed by atoms with van der Waals surface area (Å²) >= 11 is 6.10. The number of hydrogen-bond donors (Lipinski definition) is 1. The van der Waals surface area contributed by atoms with E-state index in [1.807, 2.05) is 24.3 Å². The van der Waals surface area contributed by atoms with Crippen molar-refractivity contribution in [1.82, 2.24) is 4.98 Å². The summed E-state index contributed by atoms with van der Waals surface area (Å²) < 4.78 is 10.0. The fourth-order valence-electron chi connectivity index (χ4n) is 2.37. The zero-order valence-corrected chi connectivity index (χ0v) is 13.9. The van der Waals surface area contributed by atoms with Crippen LogP contribution in [0, 0.1) is 0 Å². The van der Waals surface area contributed by atoms with Gasteiger partial charge in [-0.15, -0.1) is 0 Å². The average Bonchev–Trinajstić information content (AvgIpc) is 2.61. The third-order valence-corrected chi connectivity index (χ3v) is 3.75. The minimum Gasteiger partial charge on any atom is -0.497 e. The second kappa shape index (κ2) is 6.76. The molecular formula is C18H15ClN2O3. The molecule has 0 bridgehead atoms. The molecule has 1 aromatic heterocycles. The molecule has 1 heterocycles. The number of aromatic nitrogens is 1. The number of hydrogen-bond acceptors (Lipinski definition) is 5. The Morgan fingerprint density at radius 2 is 1.96 bits per heavy atom. The minimum absolute atomic E-state index is 0.220. The Balaban J connectivity index is 2.12. The first-order valence-corrected chi connectivity index (χ1v) is 7.58. The number of anilines is 2. The molecule has 0 fully saturated rings. The second-order valence-electron chi connectivity index (χ2n) is 5.07. The van der Waals surface area contributed by atoms with E-state index in [2.05, 4.69) is 10.3 Å². The van der Waals surface area contributed by atoms with E-state index in [1.54, 1.807) is 31.4 Å². The van der Waals surface area contributed by atoms with Gasteiger partial charge in [0.05, 0.1) is 25.4 Å². The van der Waals surface area contributed by atoms with Crippen molar-refractivity contribution in [3.8, 4) is 5.75 Å². The van der Waals surface area contributed by atoms with Crippen LogP contribution in [0.25, 0.3) is 10.9 Å². The quantitative estimate of drug-likeness (QED) is 0.711. The van der Waals surface area contributed by atoms with Gasteiger partial charge in [0, 0.05) is 22.2 Å². The van der Waals surface area contributed by atoms with Crippen molar-refractivity contribution < 1.29 is 14.3 Å². The van der Waals surface area contributed by atoms with Gasteiger partial charge in [0.2, 0.25) is 0 Å². The lowest BCUT2D eigenvalue weighted by Gasteiger charge is -2.12. The summed E-state index contributed by atoms with van der Waals surface area (Å²) in [4.78, 5) is 16.2. The first kappa shape index (κ1) is 16.1. The number of nitrogens with zero attached hydrogens (tertiary/aromatic N) is 1. The molecule has 2 aromatic carbocycles. The molecule has 0 aliphatic carbocycles. The van der Waals surface area contributed by atoms with Gasteiger partial charge in [-0.25, -0.2) is 9.78 Å². The normalized spacial score (nSPS) is 10.5. The van der Waals surface area contributed by atoms with Crippen molar-refractivity contribution in [2.24, 2.45) is 0 Å². The minimum atomic E-state index is -0.499. The fraction of sp³-hybridized carbons (Fsp3) is 0.111. The van der Waals surface area contributed by atoms with Crippen molar-refractivity contribution >= 4 is 39.8 Å². The van der Waals surface area contributed by atoms with E-state index < -0.39 is 5.97 Å². The number of methoxy groups -OCH3 is 2. The van der Waals surface area contributed by atoms with Gasteiger partial charge in [0.15, 0.2) is 5.69 Å². The summed E-state index contributed by atoms with van der Waals surface area (Å²) in [6.45, 7) is 0. The number of rotatable bonds is 4. The van der Waals surface area contributed by atoms with Crippen molar-refractivity contribution in [2.75, 3.05) is 19.5 Å². The van der Waals surface area contributed by atoms with Crippen LogP contribution >= 0.6 is 11.6 Å². The fourth-order valence-corrected chi connectivity index (χ4v) is 2.54. The van der Waals surface area contributed by atoms with Gasteiger partial charge < -0.3 is 14.8 Å². The van der Waals surface area contributed by atoms with Gasteiger partial charge in [-0.05, 0) is 36.4 Å². The molecule has 3 aromatic rings.